The van der Waals surface area contributed by atoms with Crippen LogP contribution in [-0.2, 0) is 17.9 Å². The molecule has 0 saturated heterocycles. The zero-order valence-corrected chi connectivity index (χ0v) is 15.9. The van der Waals surface area contributed by atoms with Crippen molar-refractivity contribution in [1.29, 1.82) is 0 Å². The maximum atomic E-state index is 14.4. The molecule has 3 aromatic rings. The van der Waals surface area contributed by atoms with Crippen LogP contribution in [0.2, 0.25) is 0 Å². The van der Waals surface area contributed by atoms with Gasteiger partial charge in [0.15, 0.2) is 0 Å². The summed E-state index contributed by atoms with van der Waals surface area (Å²) in [6, 6.07) is 3.22. The van der Waals surface area contributed by atoms with Gasteiger partial charge in [0.2, 0.25) is 0 Å². The molecule has 0 spiro atoms. The molecule has 2 aromatic heterocycles. The minimum atomic E-state index is -1.59. The maximum Gasteiger partial charge on any atom is 0.137 e. The van der Waals surface area contributed by atoms with Crippen molar-refractivity contribution in [3.05, 3.63) is 64.1 Å². The van der Waals surface area contributed by atoms with Crippen molar-refractivity contribution >= 4 is 23.1 Å². The van der Waals surface area contributed by atoms with E-state index in [2.05, 4.69) is 15.1 Å². The van der Waals surface area contributed by atoms with Crippen molar-refractivity contribution in [2.24, 2.45) is 0 Å². The number of aryl methyl sites for hydroxylation is 1. The predicted octanol–water partition coefficient (Wildman–Crippen LogP) is 3.53. The maximum absolute atomic E-state index is 14.4. The Kier molecular flexibility index (Phi) is 5.69. The number of aliphatic hydroxyl groups is 1. The van der Waals surface area contributed by atoms with Gasteiger partial charge in [0.1, 0.15) is 29.9 Å². The molecule has 1 N–H and O–H groups in total. The molecule has 0 fully saturated rings. The number of aromatic nitrogens is 4. The molecule has 9 heteroatoms. The van der Waals surface area contributed by atoms with E-state index in [9.17, 15) is 13.9 Å². The van der Waals surface area contributed by atoms with Gasteiger partial charge in [-0.15, -0.1) is 23.1 Å². The fraction of sp³-hybridized carbons (Fsp3) is 0.353. The molecule has 138 valence electrons. The molecule has 0 aliphatic rings. The largest absolute Gasteiger partial charge is 0.382 e. The fourth-order valence-electron chi connectivity index (χ4n) is 2.65. The number of benzene rings is 1. The van der Waals surface area contributed by atoms with Crippen LogP contribution in [0, 0.1) is 18.6 Å². The van der Waals surface area contributed by atoms with Gasteiger partial charge >= 0.3 is 0 Å². The van der Waals surface area contributed by atoms with Crippen LogP contribution in [0.15, 0.2) is 37.1 Å². The number of thiazole rings is 1. The van der Waals surface area contributed by atoms with Crippen LogP contribution in [0.4, 0.5) is 8.78 Å². The zero-order chi connectivity index (χ0) is 18.7. The van der Waals surface area contributed by atoms with Crippen LogP contribution >= 0.6 is 23.1 Å². The quantitative estimate of drug-likeness (QED) is 0.662. The van der Waals surface area contributed by atoms with Gasteiger partial charge in [-0.25, -0.2) is 23.4 Å². The SMILES string of the molecule is Cc1ncc(CS[C@H](C)[C@](O)(Cn2cncn2)c2ccc(F)cc2F)s1. The molecule has 0 radical (unpaired) electrons. The lowest BCUT2D eigenvalue weighted by molar-refractivity contribution is 0.0133. The molecular weight excluding hydrogens is 378 g/mol. The van der Waals surface area contributed by atoms with Crippen molar-refractivity contribution in [3.63, 3.8) is 0 Å². The van der Waals surface area contributed by atoms with E-state index in [1.54, 1.807) is 17.5 Å². The van der Waals surface area contributed by atoms with E-state index in [4.69, 9.17) is 0 Å². The van der Waals surface area contributed by atoms with Gasteiger partial charge in [0, 0.05) is 33.7 Å². The Balaban J connectivity index is 1.88. The van der Waals surface area contributed by atoms with Crippen molar-refractivity contribution in [3.8, 4) is 0 Å². The van der Waals surface area contributed by atoms with E-state index >= 15 is 0 Å². The van der Waals surface area contributed by atoms with Gasteiger partial charge in [0.05, 0.1) is 11.6 Å². The summed E-state index contributed by atoms with van der Waals surface area (Å²) in [6.07, 6.45) is 4.60. The van der Waals surface area contributed by atoms with Crippen LogP contribution in [0.5, 0.6) is 0 Å². The first-order valence-electron chi connectivity index (χ1n) is 7.91. The summed E-state index contributed by atoms with van der Waals surface area (Å²) in [5.74, 6) is -0.835. The summed E-state index contributed by atoms with van der Waals surface area (Å²) in [5.41, 5.74) is -1.55. The van der Waals surface area contributed by atoms with Gasteiger partial charge in [-0.3, -0.25) is 0 Å². The highest BCUT2D eigenvalue weighted by atomic mass is 32.2. The fourth-order valence-corrected chi connectivity index (χ4v) is 4.65. The lowest BCUT2D eigenvalue weighted by Gasteiger charge is -2.34. The van der Waals surface area contributed by atoms with Crippen molar-refractivity contribution in [1.82, 2.24) is 19.7 Å². The molecule has 1 aromatic carbocycles. The average molecular weight is 396 g/mol. The van der Waals surface area contributed by atoms with Gasteiger partial charge in [0.25, 0.3) is 0 Å². The van der Waals surface area contributed by atoms with E-state index in [0.29, 0.717) is 5.75 Å². The lowest BCUT2D eigenvalue weighted by atomic mass is 9.90. The second-order valence-electron chi connectivity index (χ2n) is 5.94. The molecule has 3 rings (SSSR count). The van der Waals surface area contributed by atoms with Crippen LogP contribution in [0.25, 0.3) is 0 Å². The van der Waals surface area contributed by atoms with Crippen molar-refractivity contribution in [2.45, 2.75) is 37.0 Å². The van der Waals surface area contributed by atoms with Gasteiger partial charge in [-0.2, -0.15) is 5.10 Å². The number of hydrogen-bond acceptors (Lipinski definition) is 6. The van der Waals surface area contributed by atoms with Gasteiger partial charge < -0.3 is 5.11 Å². The highest BCUT2D eigenvalue weighted by molar-refractivity contribution is 7.99. The summed E-state index contributed by atoms with van der Waals surface area (Å²) in [4.78, 5) is 9.16. The van der Waals surface area contributed by atoms with E-state index in [-0.39, 0.29) is 12.1 Å². The molecule has 26 heavy (non-hydrogen) atoms. The molecule has 2 heterocycles. The van der Waals surface area contributed by atoms with Crippen LogP contribution in [0.1, 0.15) is 22.4 Å². The number of halogens is 2. The molecular formula is C17H18F2N4OS2. The summed E-state index contributed by atoms with van der Waals surface area (Å²) >= 11 is 3.06. The summed E-state index contributed by atoms with van der Waals surface area (Å²) in [5, 5.41) is 16.0. The van der Waals surface area contributed by atoms with E-state index in [0.717, 1.165) is 22.0 Å². The summed E-state index contributed by atoms with van der Waals surface area (Å²) in [6.45, 7) is 3.75. The number of nitrogens with zero attached hydrogens (tertiary/aromatic N) is 4. The first-order valence-corrected chi connectivity index (χ1v) is 9.78. The first kappa shape index (κ1) is 18.9. The van der Waals surface area contributed by atoms with E-state index in [1.807, 2.05) is 13.8 Å². The van der Waals surface area contributed by atoms with Gasteiger partial charge in [-0.1, -0.05) is 13.0 Å². The summed E-state index contributed by atoms with van der Waals surface area (Å²) in [7, 11) is 0. The van der Waals surface area contributed by atoms with E-state index < -0.39 is 22.5 Å². The van der Waals surface area contributed by atoms with Crippen molar-refractivity contribution in [2.75, 3.05) is 0 Å². The Hall–Kier alpha value is -1.84. The second-order valence-corrected chi connectivity index (χ2v) is 8.59. The minimum Gasteiger partial charge on any atom is -0.382 e. The topological polar surface area (TPSA) is 63.8 Å². The standard InChI is InChI=1S/C17H18F2N4OS2/c1-11(25-7-14-6-21-12(2)26-14)17(24,8-23-10-20-9-22-23)15-4-3-13(18)5-16(15)19/h3-6,9-11,24H,7-8H2,1-2H3/t11-,17-/m1/s1. The molecule has 5 nitrogen and oxygen atoms in total. The highest BCUT2D eigenvalue weighted by Gasteiger charge is 2.39. The zero-order valence-electron chi connectivity index (χ0n) is 14.3. The minimum absolute atomic E-state index is 0.00539. The van der Waals surface area contributed by atoms with Crippen LogP contribution in [0.3, 0.4) is 0 Å². The molecule has 0 bridgehead atoms. The molecule has 0 saturated carbocycles. The lowest BCUT2D eigenvalue weighted by Crippen LogP contribution is -2.41. The smallest absolute Gasteiger partial charge is 0.137 e. The first-order chi connectivity index (χ1) is 12.4. The molecule has 0 unspecified atom stereocenters. The third kappa shape index (κ3) is 4.11. The summed E-state index contributed by atoms with van der Waals surface area (Å²) < 4.78 is 29.2. The molecule has 0 aliphatic carbocycles. The Morgan fingerprint density at radius 2 is 2.19 bits per heavy atom. The Labute approximate surface area is 158 Å². The van der Waals surface area contributed by atoms with Crippen LogP contribution in [-0.4, -0.2) is 30.1 Å². The number of thioether (sulfide) groups is 1. The van der Waals surface area contributed by atoms with Crippen molar-refractivity contribution < 1.29 is 13.9 Å². The van der Waals surface area contributed by atoms with E-state index in [1.165, 1.54) is 35.2 Å². The third-order valence-electron chi connectivity index (χ3n) is 4.08. The Morgan fingerprint density at radius 3 is 2.81 bits per heavy atom. The number of rotatable bonds is 7. The van der Waals surface area contributed by atoms with Gasteiger partial charge in [-0.05, 0) is 13.0 Å². The third-order valence-corrected chi connectivity index (χ3v) is 6.55. The molecule has 0 aliphatic heterocycles. The molecule has 2 atom stereocenters. The normalized spacial score (nSPS) is 15.0. The Bertz CT molecular complexity index is 872. The van der Waals surface area contributed by atoms with Crippen LogP contribution < -0.4 is 0 Å². The second kappa shape index (κ2) is 7.81. The monoisotopic (exact) mass is 396 g/mol. The molecule has 0 amide bonds. The number of hydrogen-bond donors (Lipinski definition) is 1. The average Bonchev–Trinajstić information content (AvgIpc) is 3.24. The predicted molar refractivity (Wildman–Crippen MR) is 97.9 cm³/mol. The highest BCUT2D eigenvalue weighted by Crippen LogP contribution is 2.37. The Morgan fingerprint density at radius 1 is 1.38 bits per heavy atom.